The Kier molecular flexibility index (Phi) is 5.11. The van der Waals surface area contributed by atoms with E-state index >= 15 is 0 Å². The molecule has 1 aromatic rings. The lowest BCUT2D eigenvalue weighted by Crippen LogP contribution is -2.64. The summed E-state index contributed by atoms with van der Waals surface area (Å²) in [5.74, 6) is -1.68. The lowest BCUT2D eigenvalue weighted by Gasteiger charge is -2.38. The maximum atomic E-state index is 12.5. The molecule has 7 nitrogen and oxygen atoms in total. The standard InChI is InChI=1S/C17H22N2O5/c1-17(2,3)24-16(23)19-10-12(15(21)22)18-14(20)13(19)9-11-7-5-4-6-8-11/h4-8,12-13H,9-10H2,1-3H3,(H,18,20)(H,21,22)/t12-,13-/m0/s1. The lowest BCUT2D eigenvalue weighted by atomic mass is 10.0. The van der Waals surface area contributed by atoms with Crippen molar-refractivity contribution in [2.75, 3.05) is 6.54 Å². The second-order valence-corrected chi connectivity index (χ2v) is 6.74. The maximum Gasteiger partial charge on any atom is 0.411 e. The number of carboxylic acid groups (broad SMARTS) is 1. The van der Waals surface area contributed by atoms with Crippen LogP contribution in [-0.4, -0.2) is 52.2 Å². The molecule has 0 unspecified atom stereocenters. The van der Waals surface area contributed by atoms with E-state index in [0.29, 0.717) is 0 Å². The summed E-state index contributed by atoms with van der Waals surface area (Å²) in [5, 5.41) is 11.6. The van der Waals surface area contributed by atoms with Crippen LogP contribution in [0.1, 0.15) is 26.3 Å². The Hall–Kier alpha value is -2.57. The van der Waals surface area contributed by atoms with Crippen LogP contribution in [0.4, 0.5) is 4.79 Å². The first-order valence-electron chi connectivity index (χ1n) is 7.74. The van der Waals surface area contributed by atoms with Gasteiger partial charge in [0.25, 0.3) is 0 Å². The summed E-state index contributed by atoms with van der Waals surface area (Å²) < 4.78 is 5.34. The van der Waals surface area contributed by atoms with Crippen LogP contribution in [0.25, 0.3) is 0 Å². The molecule has 7 heteroatoms. The summed E-state index contributed by atoms with van der Waals surface area (Å²) in [6, 6.07) is 7.29. The smallest absolute Gasteiger partial charge is 0.411 e. The second-order valence-electron chi connectivity index (χ2n) is 6.74. The molecule has 1 heterocycles. The first-order chi connectivity index (χ1) is 11.2. The van der Waals surface area contributed by atoms with Crippen molar-refractivity contribution in [1.29, 1.82) is 0 Å². The van der Waals surface area contributed by atoms with Crippen molar-refractivity contribution in [3.8, 4) is 0 Å². The van der Waals surface area contributed by atoms with Crippen LogP contribution in [0.2, 0.25) is 0 Å². The molecule has 0 aromatic heterocycles. The molecule has 2 rings (SSSR count). The van der Waals surface area contributed by atoms with Gasteiger partial charge in [-0.1, -0.05) is 30.3 Å². The van der Waals surface area contributed by atoms with E-state index in [2.05, 4.69) is 5.32 Å². The van der Waals surface area contributed by atoms with Crippen LogP contribution in [0.3, 0.4) is 0 Å². The Bertz CT molecular complexity index is 624. The molecule has 2 atom stereocenters. The molecule has 2 N–H and O–H groups in total. The number of benzene rings is 1. The number of amides is 2. The fraction of sp³-hybridized carbons (Fsp3) is 0.471. The van der Waals surface area contributed by atoms with E-state index < -0.39 is 35.7 Å². The molecule has 1 aromatic carbocycles. The van der Waals surface area contributed by atoms with E-state index in [-0.39, 0.29) is 13.0 Å². The number of carbonyl (C=O) groups is 3. The molecule has 0 radical (unpaired) electrons. The highest BCUT2D eigenvalue weighted by atomic mass is 16.6. The zero-order chi connectivity index (χ0) is 17.9. The number of piperazine rings is 1. The van der Waals surface area contributed by atoms with Gasteiger partial charge in [0.05, 0.1) is 6.54 Å². The Labute approximate surface area is 140 Å². The van der Waals surface area contributed by atoms with Gasteiger partial charge in [-0.25, -0.2) is 9.59 Å². The third-order valence-electron chi connectivity index (χ3n) is 3.57. The van der Waals surface area contributed by atoms with Gasteiger partial charge in [0.15, 0.2) is 0 Å². The Morgan fingerprint density at radius 1 is 1.29 bits per heavy atom. The molecular weight excluding hydrogens is 312 g/mol. The van der Waals surface area contributed by atoms with Crippen LogP contribution >= 0.6 is 0 Å². The van der Waals surface area contributed by atoms with Crippen molar-refractivity contribution >= 4 is 18.0 Å². The van der Waals surface area contributed by atoms with E-state index in [1.54, 1.807) is 20.8 Å². The first kappa shape index (κ1) is 17.8. The number of hydrogen-bond acceptors (Lipinski definition) is 4. The number of ether oxygens (including phenoxy) is 1. The third kappa shape index (κ3) is 4.47. The van der Waals surface area contributed by atoms with Crippen LogP contribution in [-0.2, 0) is 20.7 Å². The highest BCUT2D eigenvalue weighted by Crippen LogP contribution is 2.18. The molecule has 2 amide bonds. The molecule has 130 valence electrons. The first-order valence-corrected chi connectivity index (χ1v) is 7.74. The topological polar surface area (TPSA) is 95.9 Å². The molecule has 0 spiro atoms. The highest BCUT2D eigenvalue weighted by molar-refractivity contribution is 5.92. The van der Waals surface area contributed by atoms with Crippen molar-refractivity contribution in [3.63, 3.8) is 0 Å². The third-order valence-corrected chi connectivity index (χ3v) is 3.57. The van der Waals surface area contributed by atoms with E-state index in [1.165, 1.54) is 4.90 Å². The van der Waals surface area contributed by atoms with Crippen molar-refractivity contribution in [3.05, 3.63) is 35.9 Å². The predicted molar refractivity (Wildman–Crippen MR) is 86.4 cm³/mol. The summed E-state index contributed by atoms with van der Waals surface area (Å²) in [6.07, 6.45) is -0.400. The summed E-state index contributed by atoms with van der Waals surface area (Å²) in [7, 11) is 0. The monoisotopic (exact) mass is 334 g/mol. The Balaban J connectivity index is 2.25. The van der Waals surface area contributed by atoms with Gasteiger partial charge in [-0.3, -0.25) is 9.69 Å². The molecule has 0 bridgehead atoms. The second kappa shape index (κ2) is 6.90. The van der Waals surface area contributed by atoms with Crippen molar-refractivity contribution in [2.45, 2.75) is 44.9 Å². The van der Waals surface area contributed by atoms with E-state index in [9.17, 15) is 19.5 Å². The van der Waals surface area contributed by atoms with Gasteiger partial charge in [-0.15, -0.1) is 0 Å². The molecular formula is C17H22N2O5. The normalized spacial score (nSPS) is 21.1. The Morgan fingerprint density at radius 3 is 2.46 bits per heavy atom. The molecule has 24 heavy (non-hydrogen) atoms. The van der Waals surface area contributed by atoms with Crippen molar-refractivity contribution < 1.29 is 24.2 Å². The summed E-state index contributed by atoms with van der Waals surface area (Å²) >= 11 is 0. The highest BCUT2D eigenvalue weighted by Gasteiger charge is 2.41. The summed E-state index contributed by atoms with van der Waals surface area (Å²) in [6.45, 7) is 5.02. The van der Waals surface area contributed by atoms with Crippen LogP contribution < -0.4 is 5.32 Å². The number of aliphatic carboxylic acids is 1. The van der Waals surface area contributed by atoms with Crippen LogP contribution in [0.5, 0.6) is 0 Å². The van der Waals surface area contributed by atoms with Crippen LogP contribution in [0, 0.1) is 0 Å². The number of nitrogens with one attached hydrogen (secondary N) is 1. The SMILES string of the molecule is CC(C)(C)OC(=O)N1C[C@@H](C(=O)O)NC(=O)[C@@H]1Cc1ccccc1. The molecule has 1 aliphatic rings. The van der Waals surface area contributed by atoms with E-state index in [4.69, 9.17) is 4.74 Å². The molecule has 1 fully saturated rings. The average Bonchev–Trinajstić information content (AvgIpc) is 2.48. The van der Waals surface area contributed by atoms with Crippen LogP contribution in [0.15, 0.2) is 30.3 Å². The van der Waals surface area contributed by atoms with Gasteiger partial charge >= 0.3 is 12.1 Å². The van der Waals surface area contributed by atoms with Gasteiger partial charge < -0.3 is 15.2 Å². The number of carboxylic acids is 1. The number of carbonyl (C=O) groups excluding carboxylic acids is 2. The molecule has 0 saturated carbocycles. The van der Waals surface area contributed by atoms with Crippen molar-refractivity contribution in [2.24, 2.45) is 0 Å². The maximum absolute atomic E-state index is 12.5. The van der Waals surface area contributed by atoms with Gasteiger partial charge in [-0.05, 0) is 26.3 Å². The zero-order valence-corrected chi connectivity index (χ0v) is 14.0. The van der Waals surface area contributed by atoms with Gasteiger partial charge in [0.1, 0.15) is 17.7 Å². The average molecular weight is 334 g/mol. The molecule has 1 aliphatic heterocycles. The fourth-order valence-electron chi connectivity index (χ4n) is 2.48. The minimum atomic E-state index is -1.19. The zero-order valence-electron chi connectivity index (χ0n) is 14.0. The van der Waals surface area contributed by atoms with Gasteiger partial charge in [-0.2, -0.15) is 0 Å². The lowest BCUT2D eigenvalue weighted by molar-refractivity contribution is -0.146. The minimum absolute atomic E-state index is 0.131. The molecule has 1 saturated heterocycles. The Morgan fingerprint density at radius 2 is 1.92 bits per heavy atom. The van der Waals surface area contributed by atoms with E-state index in [0.717, 1.165) is 5.56 Å². The quantitative estimate of drug-likeness (QED) is 0.871. The van der Waals surface area contributed by atoms with Gasteiger partial charge in [0.2, 0.25) is 5.91 Å². The largest absolute Gasteiger partial charge is 0.480 e. The molecule has 0 aliphatic carbocycles. The van der Waals surface area contributed by atoms with Gasteiger partial charge in [0, 0.05) is 6.42 Å². The predicted octanol–water partition coefficient (Wildman–Crippen LogP) is 1.42. The fourth-order valence-corrected chi connectivity index (χ4v) is 2.48. The minimum Gasteiger partial charge on any atom is -0.480 e. The number of hydrogen-bond donors (Lipinski definition) is 2. The number of nitrogens with zero attached hydrogens (tertiary/aromatic N) is 1. The summed E-state index contributed by atoms with van der Waals surface area (Å²) in [4.78, 5) is 37.3. The summed E-state index contributed by atoms with van der Waals surface area (Å²) in [5.41, 5.74) is 0.140. The van der Waals surface area contributed by atoms with E-state index in [1.807, 2.05) is 30.3 Å². The van der Waals surface area contributed by atoms with Crippen molar-refractivity contribution in [1.82, 2.24) is 10.2 Å². The number of rotatable bonds is 3.